The molecular weight excluding hydrogens is 252 g/mol. The Balaban J connectivity index is 1.72. The predicted molar refractivity (Wildman–Crippen MR) is 71.1 cm³/mol. The third kappa shape index (κ3) is 3.69. The molecule has 18 heavy (non-hydrogen) atoms. The van der Waals surface area contributed by atoms with E-state index in [0.717, 1.165) is 18.7 Å². The summed E-state index contributed by atoms with van der Waals surface area (Å²) in [5.41, 5.74) is 0.855. The minimum absolute atomic E-state index is 0.0498. The number of carbonyl (C=O) groups is 1. The quantitative estimate of drug-likeness (QED) is 0.833. The molecule has 0 aliphatic carbocycles. The molecule has 100 valence electrons. The van der Waals surface area contributed by atoms with Crippen molar-refractivity contribution in [1.29, 1.82) is 0 Å². The first-order valence-electron chi connectivity index (χ1n) is 5.98. The Morgan fingerprint density at radius 2 is 2.50 bits per heavy atom. The van der Waals surface area contributed by atoms with Crippen LogP contribution in [0.2, 0.25) is 0 Å². The number of ether oxygens (including phenoxy) is 2. The van der Waals surface area contributed by atoms with E-state index in [1.807, 2.05) is 16.8 Å². The largest absolute Gasteiger partial charge is 0.382 e. The molecule has 0 bridgehead atoms. The number of likely N-dealkylation sites (tertiary alicyclic amines) is 1. The van der Waals surface area contributed by atoms with Crippen LogP contribution in [0.15, 0.2) is 16.8 Å². The number of hydrogen-bond donors (Lipinski definition) is 1. The van der Waals surface area contributed by atoms with Crippen LogP contribution in [-0.2, 0) is 9.47 Å². The number of rotatable bonds is 5. The molecule has 0 saturated carbocycles. The molecule has 1 aromatic rings. The van der Waals surface area contributed by atoms with Crippen molar-refractivity contribution in [3.63, 3.8) is 0 Å². The third-order valence-electron chi connectivity index (χ3n) is 2.85. The SMILES string of the molecule is COCCOC1CCN(C(=O)Nc2ccsc2)C1. The van der Waals surface area contributed by atoms with Crippen LogP contribution in [0.25, 0.3) is 0 Å². The van der Waals surface area contributed by atoms with E-state index in [2.05, 4.69) is 5.32 Å². The zero-order valence-electron chi connectivity index (χ0n) is 10.4. The maximum Gasteiger partial charge on any atom is 0.321 e. The van der Waals surface area contributed by atoms with Crippen LogP contribution in [0.1, 0.15) is 6.42 Å². The molecular formula is C12H18N2O3S. The van der Waals surface area contributed by atoms with Crippen molar-refractivity contribution in [2.24, 2.45) is 0 Å². The second kappa shape index (κ2) is 6.72. The molecule has 0 spiro atoms. The first kappa shape index (κ1) is 13.3. The first-order valence-corrected chi connectivity index (χ1v) is 6.92. The van der Waals surface area contributed by atoms with Gasteiger partial charge in [0, 0.05) is 25.6 Å². The van der Waals surface area contributed by atoms with Gasteiger partial charge in [0.05, 0.1) is 25.0 Å². The predicted octanol–water partition coefficient (Wildman–Crippen LogP) is 2.02. The van der Waals surface area contributed by atoms with Gasteiger partial charge in [-0.05, 0) is 17.9 Å². The van der Waals surface area contributed by atoms with E-state index in [1.165, 1.54) is 0 Å². The topological polar surface area (TPSA) is 50.8 Å². The summed E-state index contributed by atoms with van der Waals surface area (Å²) in [6.45, 7) is 2.58. The van der Waals surface area contributed by atoms with Crippen LogP contribution in [-0.4, -0.2) is 50.4 Å². The summed E-state index contributed by atoms with van der Waals surface area (Å²) in [6.07, 6.45) is 1.02. The third-order valence-corrected chi connectivity index (χ3v) is 3.53. The second-order valence-corrected chi connectivity index (χ2v) is 4.94. The molecule has 1 unspecified atom stereocenters. The number of nitrogens with zero attached hydrogens (tertiary/aromatic N) is 1. The average molecular weight is 270 g/mol. The molecule has 1 saturated heterocycles. The van der Waals surface area contributed by atoms with Gasteiger partial charge in [-0.3, -0.25) is 0 Å². The molecule has 1 N–H and O–H groups in total. The van der Waals surface area contributed by atoms with Gasteiger partial charge < -0.3 is 19.7 Å². The van der Waals surface area contributed by atoms with Crippen molar-refractivity contribution in [2.75, 3.05) is 38.7 Å². The number of nitrogens with one attached hydrogen (secondary N) is 1. The zero-order valence-corrected chi connectivity index (χ0v) is 11.2. The molecule has 1 aliphatic rings. The lowest BCUT2D eigenvalue weighted by Crippen LogP contribution is -2.34. The number of anilines is 1. The molecule has 1 fully saturated rings. The highest BCUT2D eigenvalue weighted by molar-refractivity contribution is 7.08. The summed E-state index contributed by atoms with van der Waals surface area (Å²) in [6, 6.07) is 1.84. The lowest BCUT2D eigenvalue weighted by Gasteiger charge is -2.17. The van der Waals surface area contributed by atoms with Crippen LogP contribution >= 0.6 is 11.3 Å². The summed E-state index contributed by atoms with van der Waals surface area (Å²) < 4.78 is 10.5. The van der Waals surface area contributed by atoms with Crippen LogP contribution in [0.3, 0.4) is 0 Å². The monoisotopic (exact) mass is 270 g/mol. The van der Waals surface area contributed by atoms with Gasteiger partial charge in [0.2, 0.25) is 0 Å². The fourth-order valence-corrected chi connectivity index (χ4v) is 2.47. The maximum absolute atomic E-state index is 11.9. The van der Waals surface area contributed by atoms with Gasteiger partial charge in [0.25, 0.3) is 0 Å². The Morgan fingerprint density at radius 1 is 1.61 bits per heavy atom. The Labute approximate surface area is 111 Å². The average Bonchev–Trinajstić information content (AvgIpc) is 3.00. The van der Waals surface area contributed by atoms with Gasteiger partial charge in [-0.2, -0.15) is 11.3 Å². The molecule has 1 aliphatic heterocycles. The normalized spacial score (nSPS) is 19.2. The van der Waals surface area contributed by atoms with E-state index in [9.17, 15) is 4.79 Å². The molecule has 5 nitrogen and oxygen atoms in total. The van der Waals surface area contributed by atoms with Crippen LogP contribution in [0.4, 0.5) is 10.5 Å². The lowest BCUT2D eigenvalue weighted by atomic mass is 10.3. The van der Waals surface area contributed by atoms with Crippen molar-refractivity contribution in [3.8, 4) is 0 Å². The summed E-state index contributed by atoms with van der Waals surface area (Å²) >= 11 is 1.57. The molecule has 1 aromatic heterocycles. The van der Waals surface area contributed by atoms with Gasteiger partial charge in [-0.25, -0.2) is 4.79 Å². The highest BCUT2D eigenvalue weighted by Crippen LogP contribution is 2.16. The van der Waals surface area contributed by atoms with E-state index in [0.29, 0.717) is 19.8 Å². The number of methoxy groups -OCH3 is 1. The molecule has 2 heterocycles. The Kier molecular flexibility index (Phi) is 4.98. The molecule has 2 amide bonds. The number of carbonyl (C=O) groups excluding carboxylic acids is 1. The van der Waals surface area contributed by atoms with Gasteiger partial charge in [-0.15, -0.1) is 0 Å². The number of amides is 2. The summed E-state index contributed by atoms with van der Waals surface area (Å²) in [5, 5.41) is 6.73. The minimum atomic E-state index is -0.0498. The van der Waals surface area contributed by atoms with Crippen LogP contribution in [0.5, 0.6) is 0 Å². The summed E-state index contributed by atoms with van der Waals surface area (Å²) in [4.78, 5) is 13.7. The van der Waals surface area contributed by atoms with Crippen molar-refractivity contribution in [2.45, 2.75) is 12.5 Å². The number of urea groups is 1. The lowest BCUT2D eigenvalue weighted by molar-refractivity contribution is 0.0239. The standard InChI is InChI=1S/C12H18N2O3S/c1-16-5-6-17-11-2-4-14(8-11)12(15)13-10-3-7-18-9-10/h3,7,9,11H,2,4-6,8H2,1H3,(H,13,15). The van der Waals surface area contributed by atoms with Crippen LogP contribution in [0, 0.1) is 0 Å². The molecule has 6 heteroatoms. The molecule has 1 atom stereocenters. The number of thiophene rings is 1. The van der Waals surface area contributed by atoms with E-state index < -0.39 is 0 Å². The smallest absolute Gasteiger partial charge is 0.321 e. The van der Waals surface area contributed by atoms with Crippen molar-refractivity contribution in [3.05, 3.63) is 16.8 Å². The highest BCUT2D eigenvalue weighted by atomic mass is 32.1. The molecule has 0 aromatic carbocycles. The Morgan fingerprint density at radius 3 is 3.22 bits per heavy atom. The Bertz CT molecular complexity index is 369. The van der Waals surface area contributed by atoms with E-state index >= 15 is 0 Å². The van der Waals surface area contributed by atoms with Gasteiger partial charge in [0.15, 0.2) is 0 Å². The Hall–Kier alpha value is -1.11. The molecule has 2 rings (SSSR count). The maximum atomic E-state index is 11.9. The zero-order chi connectivity index (χ0) is 12.8. The first-order chi connectivity index (χ1) is 8.79. The fraction of sp³-hybridized carbons (Fsp3) is 0.583. The summed E-state index contributed by atoms with van der Waals surface area (Å²) in [5.74, 6) is 0. The summed E-state index contributed by atoms with van der Waals surface area (Å²) in [7, 11) is 1.65. The second-order valence-electron chi connectivity index (χ2n) is 4.16. The van der Waals surface area contributed by atoms with E-state index in [-0.39, 0.29) is 12.1 Å². The van der Waals surface area contributed by atoms with Gasteiger partial charge in [-0.1, -0.05) is 0 Å². The highest BCUT2D eigenvalue weighted by Gasteiger charge is 2.26. The van der Waals surface area contributed by atoms with Gasteiger partial charge in [0.1, 0.15) is 0 Å². The van der Waals surface area contributed by atoms with E-state index in [4.69, 9.17) is 9.47 Å². The molecule has 0 radical (unpaired) electrons. The number of hydrogen-bond acceptors (Lipinski definition) is 4. The van der Waals surface area contributed by atoms with Crippen molar-refractivity contribution in [1.82, 2.24) is 4.90 Å². The van der Waals surface area contributed by atoms with Gasteiger partial charge >= 0.3 is 6.03 Å². The van der Waals surface area contributed by atoms with E-state index in [1.54, 1.807) is 23.3 Å². The van der Waals surface area contributed by atoms with Crippen molar-refractivity contribution >= 4 is 23.1 Å². The fourth-order valence-electron chi connectivity index (χ4n) is 1.88. The minimum Gasteiger partial charge on any atom is -0.382 e. The van der Waals surface area contributed by atoms with Crippen molar-refractivity contribution < 1.29 is 14.3 Å². The van der Waals surface area contributed by atoms with Crippen LogP contribution < -0.4 is 5.32 Å².